The van der Waals surface area contributed by atoms with Gasteiger partial charge in [-0.15, -0.1) is 11.3 Å². The van der Waals surface area contributed by atoms with Gasteiger partial charge in [-0.1, -0.05) is 109 Å². The Balaban J connectivity index is 1.11. The van der Waals surface area contributed by atoms with E-state index >= 15 is 0 Å². The number of para-hydroxylation sites is 2. The second-order valence-electron chi connectivity index (χ2n) is 12.4. The van der Waals surface area contributed by atoms with Crippen molar-refractivity contribution in [1.29, 1.82) is 0 Å². The Labute approximate surface area is 291 Å². The van der Waals surface area contributed by atoms with E-state index in [-0.39, 0.29) is 0 Å². The Kier molecular flexibility index (Phi) is 6.60. The van der Waals surface area contributed by atoms with E-state index in [1.807, 2.05) is 66.7 Å². The van der Waals surface area contributed by atoms with Gasteiger partial charge in [-0.25, -0.2) is 19.9 Å². The van der Waals surface area contributed by atoms with Gasteiger partial charge in [0.05, 0.1) is 21.3 Å². The summed E-state index contributed by atoms with van der Waals surface area (Å²) in [6.07, 6.45) is 0. The van der Waals surface area contributed by atoms with Crippen LogP contribution in [0.1, 0.15) is 0 Å². The third-order valence-corrected chi connectivity index (χ3v) is 10.3. The summed E-state index contributed by atoms with van der Waals surface area (Å²) in [6, 6.07) is 57.0. The fourth-order valence-corrected chi connectivity index (χ4v) is 7.79. The maximum Gasteiger partial charge on any atom is 0.164 e. The number of nitrogens with zero attached hydrogens (tertiary/aromatic N) is 5. The molecule has 0 unspecified atom stereocenters. The molecule has 0 fully saturated rings. The van der Waals surface area contributed by atoms with E-state index in [1.54, 1.807) is 11.3 Å². The minimum absolute atomic E-state index is 0.643. The van der Waals surface area contributed by atoms with Crippen LogP contribution in [0.3, 0.4) is 0 Å². The molecule has 10 aromatic rings. The molecule has 3 heterocycles. The third-order valence-electron chi connectivity index (χ3n) is 9.25. The van der Waals surface area contributed by atoms with Crippen LogP contribution in [0.15, 0.2) is 164 Å². The monoisotopic (exact) mass is 657 g/mol. The van der Waals surface area contributed by atoms with Gasteiger partial charge in [-0.3, -0.25) is 0 Å². The molecule has 6 heteroatoms. The highest BCUT2D eigenvalue weighted by Crippen LogP contribution is 2.38. The molecule has 0 aliphatic heterocycles. The smallest absolute Gasteiger partial charge is 0.164 e. The summed E-state index contributed by atoms with van der Waals surface area (Å²) in [6.45, 7) is 0. The van der Waals surface area contributed by atoms with E-state index in [0.29, 0.717) is 17.5 Å². The van der Waals surface area contributed by atoms with E-state index in [9.17, 15) is 0 Å². The molecular formula is C44H27N5S. The molecule has 0 atom stereocenters. The number of hydrogen-bond acceptors (Lipinski definition) is 5. The normalized spacial score (nSPS) is 11.6. The van der Waals surface area contributed by atoms with Crippen LogP contribution in [0.5, 0.6) is 0 Å². The zero-order valence-electron chi connectivity index (χ0n) is 26.7. The van der Waals surface area contributed by atoms with E-state index in [2.05, 4.69) is 102 Å². The Hall–Kier alpha value is -6.50. The first-order valence-electron chi connectivity index (χ1n) is 16.6. The second kappa shape index (κ2) is 11.6. The summed E-state index contributed by atoms with van der Waals surface area (Å²) in [4.78, 5) is 19.8. The van der Waals surface area contributed by atoms with Crippen LogP contribution in [-0.2, 0) is 0 Å². The van der Waals surface area contributed by atoms with Crippen LogP contribution >= 0.6 is 11.3 Å². The molecular weight excluding hydrogens is 631 g/mol. The fourth-order valence-electron chi connectivity index (χ4n) is 6.83. The highest BCUT2D eigenvalue weighted by molar-refractivity contribution is 7.21. The summed E-state index contributed by atoms with van der Waals surface area (Å²) >= 11 is 1.74. The van der Waals surface area contributed by atoms with Gasteiger partial charge in [0.2, 0.25) is 0 Å². The molecule has 0 saturated heterocycles. The van der Waals surface area contributed by atoms with Crippen molar-refractivity contribution in [1.82, 2.24) is 24.5 Å². The average molecular weight is 658 g/mol. The Morgan fingerprint density at radius 3 is 1.78 bits per heavy atom. The Morgan fingerprint density at radius 1 is 0.400 bits per heavy atom. The summed E-state index contributed by atoms with van der Waals surface area (Å²) in [5.74, 6) is 1.95. The topological polar surface area (TPSA) is 56.5 Å². The molecule has 0 saturated carbocycles. The van der Waals surface area contributed by atoms with Crippen LogP contribution in [0.2, 0.25) is 0 Å². The van der Waals surface area contributed by atoms with E-state index in [0.717, 1.165) is 60.3 Å². The maximum atomic E-state index is 4.98. The lowest BCUT2D eigenvalue weighted by Gasteiger charge is -2.11. The number of hydrogen-bond donors (Lipinski definition) is 0. The SMILES string of the molecule is c1ccc(-c2nc(-c3ccccc3)nc(-c3ccc4ccc(-n5c6ccccc6c6cc(-c7nc8ccccc8s7)ccc65)cc4c3)n2)cc1. The van der Waals surface area contributed by atoms with Crippen molar-refractivity contribution in [3.8, 4) is 50.4 Å². The summed E-state index contributed by atoms with van der Waals surface area (Å²) < 4.78 is 3.56. The lowest BCUT2D eigenvalue weighted by molar-refractivity contribution is 1.07. The van der Waals surface area contributed by atoms with Crippen molar-refractivity contribution in [2.24, 2.45) is 0 Å². The molecule has 10 rings (SSSR count). The van der Waals surface area contributed by atoms with Crippen molar-refractivity contribution in [3.05, 3.63) is 164 Å². The van der Waals surface area contributed by atoms with Crippen molar-refractivity contribution >= 4 is 54.1 Å². The number of aromatic nitrogens is 5. The predicted octanol–water partition coefficient (Wildman–Crippen LogP) is 11.4. The Morgan fingerprint density at radius 2 is 1.02 bits per heavy atom. The van der Waals surface area contributed by atoms with E-state index in [1.165, 1.54) is 15.5 Å². The highest BCUT2D eigenvalue weighted by Gasteiger charge is 2.16. The first kappa shape index (κ1) is 28.5. The molecule has 0 bridgehead atoms. The first-order chi connectivity index (χ1) is 24.7. The molecule has 0 radical (unpaired) electrons. The number of fused-ring (bicyclic) bond motifs is 5. The molecule has 3 aromatic heterocycles. The van der Waals surface area contributed by atoms with Crippen molar-refractivity contribution in [2.45, 2.75) is 0 Å². The lowest BCUT2D eigenvalue weighted by atomic mass is 10.1. The van der Waals surface area contributed by atoms with Crippen LogP contribution in [-0.4, -0.2) is 24.5 Å². The number of benzene rings is 7. The molecule has 7 aromatic carbocycles. The van der Waals surface area contributed by atoms with Crippen LogP contribution < -0.4 is 0 Å². The first-order valence-corrected chi connectivity index (χ1v) is 17.4. The van der Waals surface area contributed by atoms with Gasteiger partial charge in [0.25, 0.3) is 0 Å². The molecule has 0 amide bonds. The van der Waals surface area contributed by atoms with Crippen molar-refractivity contribution in [2.75, 3.05) is 0 Å². The number of rotatable bonds is 5. The van der Waals surface area contributed by atoms with Crippen LogP contribution in [0.4, 0.5) is 0 Å². The molecule has 0 spiro atoms. The quantitative estimate of drug-likeness (QED) is 0.185. The van der Waals surface area contributed by atoms with E-state index in [4.69, 9.17) is 19.9 Å². The van der Waals surface area contributed by atoms with E-state index < -0.39 is 0 Å². The minimum Gasteiger partial charge on any atom is -0.309 e. The zero-order chi connectivity index (χ0) is 33.0. The number of thiazole rings is 1. The van der Waals surface area contributed by atoms with Gasteiger partial charge in [0.1, 0.15) is 5.01 Å². The van der Waals surface area contributed by atoms with Gasteiger partial charge in [-0.05, 0) is 65.4 Å². The lowest BCUT2D eigenvalue weighted by Crippen LogP contribution is -2.00. The van der Waals surface area contributed by atoms with Crippen LogP contribution in [0.25, 0.3) is 93.2 Å². The molecule has 50 heavy (non-hydrogen) atoms. The van der Waals surface area contributed by atoms with Gasteiger partial charge in [0, 0.05) is 38.7 Å². The molecule has 0 aliphatic rings. The third kappa shape index (κ3) is 4.85. The minimum atomic E-state index is 0.643. The summed E-state index contributed by atoms with van der Waals surface area (Å²) in [5.41, 5.74) is 8.43. The van der Waals surface area contributed by atoms with Crippen molar-refractivity contribution < 1.29 is 0 Å². The zero-order valence-corrected chi connectivity index (χ0v) is 27.5. The molecule has 234 valence electrons. The maximum absolute atomic E-state index is 4.98. The van der Waals surface area contributed by atoms with Gasteiger partial charge in [-0.2, -0.15) is 0 Å². The molecule has 5 nitrogen and oxygen atoms in total. The summed E-state index contributed by atoms with van der Waals surface area (Å²) in [5, 5.41) is 5.72. The Bertz CT molecular complexity index is 2780. The van der Waals surface area contributed by atoms with Crippen molar-refractivity contribution in [3.63, 3.8) is 0 Å². The summed E-state index contributed by atoms with van der Waals surface area (Å²) in [7, 11) is 0. The largest absolute Gasteiger partial charge is 0.309 e. The predicted molar refractivity (Wildman–Crippen MR) is 207 cm³/mol. The van der Waals surface area contributed by atoms with Crippen LogP contribution in [0, 0.1) is 0 Å². The molecule has 0 aliphatic carbocycles. The highest BCUT2D eigenvalue weighted by atomic mass is 32.1. The standard InChI is InChI=1S/C44H27N5S/c1-3-11-29(12-4-1)41-46-42(30-13-5-2-6-14-30)48-43(47-41)31-20-19-28-21-23-34(26-33(28)25-31)49-38-17-9-7-15-35(38)36-27-32(22-24-39(36)49)44-45-37-16-8-10-18-40(37)50-44/h1-27H. The average Bonchev–Trinajstić information content (AvgIpc) is 3.77. The second-order valence-corrected chi connectivity index (χ2v) is 13.4. The fraction of sp³-hybridized carbons (Fsp3) is 0. The van der Waals surface area contributed by atoms with Gasteiger partial charge in [0.15, 0.2) is 17.5 Å². The van der Waals surface area contributed by atoms with Gasteiger partial charge >= 0.3 is 0 Å². The van der Waals surface area contributed by atoms with Gasteiger partial charge < -0.3 is 4.57 Å². The molecule has 0 N–H and O–H groups in total.